The van der Waals surface area contributed by atoms with Gasteiger partial charge in [-0.05, 0) is 33.6 Å². The lowest BCUT2D eigenvalue weighted by molar-refractivity contribution is -0.161. The molecule has 2 atom stereocenters. The van der Waals surface area contributed by atoms with Crippen LogP contribution >= 0.6 is 0 Å². The fourth-order valence-electron chi connectivity index (χ4n) is 1.65. The zero-order chi connectivity index (χ0) is 10.9. The van der Waals surface area contributed by atoms with Crippen molar-refractivity contribution in [3.05, 3.63) is 0 Å². The molecule has 1 rings (SSSR count). The third kappa shape index (κ3) is 2.56. The summed E-state index contributed by atoms with van der Waals surface area (Å²) in [7, 11) is 0. The quantitative estimate of drug-likeness (QED) is 0.477. The molecule has 80 valence electrons. The highest BCUT2D eigenvalue weighted by Crippen LogP contribution is 2.28. The molecule has 3 nitrogen and oxygen atoms in total. The summed E-state index contributed by atoms with van der Waals surface area (Å²) >= 11 is 0. The van der Waals surface area contributed by atoms with Crippen molar-refractivity contribution < 1.29 is 14.3 Å². The van der Waals surface area contributed by atoms with Crippen LogP contribution in [-0.4, -0.2) is 17.4 Å². The normalized spacial score (nSPS) is 27.9. The van der Waals surface area contributed by atoms with E-state index in [1.807, 2.05) is 27.7 Å². The second-order valence-corrected chi connectivity index (χ2v) is 4.97. The Hall–Kier alpha value is -0.860. The Bertz CT molecular complexity index is 250. The van der Waals surface area contributed by atoms with Gasteiger partial charge in [-0.3, -0.25) is 9.59 Å². The smallest absolute Gasteiger partial charge is 0.317 e. The first-order chi connectivity index (χ1) is 6.31. The topological polar surface area (TPSA) is 43.4 Å². The van der Waals surface area contributed by atoms with Crippen LogP contribution in [0.15, 0.2) is 0 Å². The highest BCUT2D eigenvalue weighted by atomic mass is 16.6. The maximum atomic E-state index is 11.6. The van der Waals surface area contributed by atoms with Gasteiger partial charge >= 0.3 is 5.97 Å². The lowest BCUT2D eigenvalue weighted by Crippen LogP contribution is -2.31. The van der Waals surface area contributed by atoms with E-state index in [0.717, 1.165) is 6.42 Å². The summed E-state index contributed by atoms with van der Waals surface area (Å²) in [6.07, 6.45) is 1.46. The van der Waals surface area contributed by atoms with Gasteiger partial charge in [0.1, 0.15) is 17.3 Å². The van der Waals surface area contributed by atoms with E-state index in [1.54, 1.807) is 0 Å². The van der Waals surface area contributed by atoms with E-state index in [4.69, 9.17) is 4.74 Å². The Balaban J connectivity index is 2.59. The van der Waals surface area contributed by atoms with Crippen LogP contribution in [-0.2, 0) is 14.3 Å². The SMILES string of the molecule is CC1CCC(C(=O)OC(C)(C)C)C1=O. The molecule has 3 heteroatoms. The lowest BCUT2D eigenvalue weighted by Gasteiger charge is -2.21. The molecule has 0 bridgehead atoms. The zero-order valence-electron chi connectivity index (χ0n) is 9.29. The fraction of sp³-hybridized carbons (Fsp3) is 0.818. The number of Topliss-reactive ketones (excluding diaryl/α,β-unsaturated/α-hetero) is 1. The maximum absolute atomic E-state index is 11.6. The van der Waals surface area contributed by atoms with E-state index < -0.39 is 11.5 Å². The summed E-state index contributed by atoms with van der Waals surface area (Å²) in [5.41, 5.74) is -0.497. The van der Waals surface area contributed by atoms with E-state index >= 15 is 0 Å². The van der Waals surface area contributed by atoms with Crippen LogP contribution in [0.25, 0.3) is 0 Å². The first-order valence-electron chi connectivity index (χ1n) is 5.08. The van der Waals surface area contributed by atoms with Crippen molar-refractivity contribution in [2.45, 2.75) is 46.1 Å². The van der Waals surface area contributed by atoms with Gasteiger partial charge in [0.25, 0.3) is 0 Å². The van der Waals surface area contributed by atoms with Crippen molar-refractivity contribution in [2.24, 2.45) is 11.8 Å². The summed E-state index contributed by atoms with van der Waals surface area (Å²) in [5.74, 6) is -0.803. The molecule has 0 N–H and O–H groups in total. The number of hydrogen-bond donors (Lipinski definition) is 0. The third-order valence-corrected chi connectivity index (χ3v) is 2.41. The van der Waals surface area contributed by atoms with Crippen LogP contribution in [0.4, 0.5) is 0 Å². The summed E-state index contributed by atoms with van der Waals surface area (Å²) in [6.45, 7) is 7.31. The Morgan fingerprint density at radius 3 is 2.29 bits per heavy atom. The van der Waals surface area contributed by atoms with Gasteiger partial charge < -0.3 is 4.74 Å². The summed E-state index contributed by atoms with van der Waals surface area (Å²) in [5, 5.41) is 0. The molecule has 0 amide bonds. The zero-order valence-corrected chi connectivity index (χ0v) is 9.29. The van der Waals surface area contributed by atoms with E-state index in [9.17, 15) is 9.59 Å². The molecule has 1 aliphatic rings. The highest BCUT2D eigenvalue weighted by molar-refractivity contribution is 6.01. The van der Waals surface area contributed by atoms with Crippen molar-refractivity contribution in [1.29, 1.82) is 0 Å². The Morgan fingerprint density at radius 1 is 1.36 bits per heavy atom. The molecule has 0 heterocycles. The molecule has 14 heavy (non-hydrogen) atoms. The minimum Gasteiger partial charge on any atom is -0.459 e. The third-order valence-electron chi connectivity index (χ3n) is 2.41. The van der Waals surface area contributed by atoms with Gasteiger partial charge in [-0.15, -0.1) is 0 Å². The summed E-state index contributed by atoms with van der Waals surface area (Å²) in [4.78, 5) is 23.1. The van der Waals surface area contributed by atoms with E-state index in [-0.39, 0.29) is 17.7 Å². The van der Waals surface area contributed by atoms with Crippen LogP contribution < -0.4 is 0 Å². The van der Waals surface area contributed by atoms with Crippen molar-refractivity contribution >= 4 is 11.8 Å². The van der Waals surface area contributed by atoms with E-state index in [2.05, 4.69) is 0 Å². The average molecular weight is 198 g/mol. The maximum Gasteiger partial charge on any atom is 0.317 e. The van der Waals surface area contributed by atoms with Crippen LogP contribution in [0.1, 0.15) is 40.5 Å². The van der Waals surface area contributed by atoms with Crippen molar-refractivity contribution in [3.63, 3.8) is 0 Å². The molecule has 0 saturated heterocycles. The number of ketones is 1. The van der Waals surface area contributed by atoms with Gasteiger partial charge in [0, 0.05) is 5.92 Å². The van der Waals surface area contributed by atoms with Gasteiger partial charge in [0.05, 0.1) is 0 Å². The fourth-order valence-corrected chi connectivity index (χ4v) is 1.65. The molecule has 0 aliphatic heterocycles. The van der Waals surface area contributed by atoms with Gasteiger partial charge in [-0.2, -0.15) is 0 Å². The molecular formula is C11H18O3. The minimum atomic E-state index is -0.510. The average Bonchev–Trinajstić information content (AvgIpc) is 2.29. The van der Waals surface area contributed by atoms with Crippen molar-refractivity contribution in [1.82, 2.24) is 0 Å². The number of esters is 1. The molecule has 1 saturated carbocycles. The minimum absolute atomic E-state index is 0.0209. The lowest BCUT2D eigenvalue weighted by atomic mass is 10.0. The predicted molar refractivity (Wildman–Crippen MR) is 52.7 cm³/mol. The molecule has 0 aromatic heterocycles. The first kappa shape index (κ1) is 11.2. The van der Waals surface area contributed by atoms with Crippen molar-refractivity contribution in [3.8, 4) is 0 Å². The summed E-state index contributed by atoms with van der Waals surface area (Å²) in [6, 6.07) is 0. The van der Waals surface area contributed by atoms with E-state index in [0.29, 0.717) is 6.42 Å². The van der Waals surface area contributed by atoms with Crippen LogP contribution in [0.2, 0.25) is 0 Å². The molecule has 1 aliphatic carbocycles. The van der Waals surface area contributed by atoms with Crippen LogP contribution in [0.3, 0.4) is 0 Å². The van der Waals surface area contributed by atoms with Gasteiger partial charge in [-0.25, -0.2) is 0 Å². The largest absolute Gasteiger partial charge is 0.459 e. The van der Waals surface area contributed by atoms with Crippen LogP contribution in [0, 0.1) is 11.8 Å². The number of rotatable bonds is 1. The molecule has 0 aromatic rings. The Kier molecular flexibility index (Phi) is 2.98. The van der Waals surface area contributed by atoms with Gasteiger partial charge in [0.15, 0.2) is 0 Å². The number of ether oxygens (including phenoxy) is 1. The molecular weight excluding hydrogens is 180 g/mol. The van der Waals surface area contributed by atoms with E-state index in [1.165, 1.54) is 0 Å². The molecule has 0 aromatic carbocycles. The second kappa shape index (κ2) is 3.71. The molecule has 1 fully saturated rings. The molecule has 0 radical (unpaired) electrons. The predicted octanol–water partition coefficient (Wildman–Crippen LogP) is 1.94. The summed E-state index contributed by atoms with van der Waals surface area (Å²) < 4.78 is 5.18. The Labute approximate surface area is 84.8 Å². The van der Waals surface area contributed by atoms with Gasteiger partial charge in [-0.1, -0.05) is 6.92 Å². The van der Waals surface area contributed by atoms with Crippen LogP contribution in [0.5, 0.6) is 0 Å². The number of hydrogen-bond acceptors (Lipinski definition) is 3. The van der Waals surface area contributed by atoms with Crippen molar-refractivity contribution in [2.75, 3.05) is 0 Å². The monoisotopic (exact) mass is 198 g/mol. The standard InChI is InChI=1S/C11H18O3/c1-7-5-6-8(9(7)12)10(13)14-11(2,3)4/h7-8H,5-6H2,1-4H3. The first-order valence-corrected chi connectivity index (χ1v) is 5.08. The molecule has 0 spiro atoms. The number of carbonyl (C=O) groups is 2. The highest BCUT2D eigenvalue weighted by Gasteiger charge is 2.38. The second-order valence-electron chi connectivity index (χ2n) is 4.97. The number of carbonyl (C=O) groups excluding carboxylic acids is 2. The van der Waals surface area contributed by atoms with Gasteiger partial charge in [0.2, 0.25) is 0 Å². The Morgan fingerprint density at radius 2 is 1.93 bits per heavy atom. The molecule has 2 unspecified atom stereocenters.